The van der Waals surface area contributed by atoms with Crippen molar-refractivity contribution in [2.24, 2.45) is 5.92 Å². The summed E-state index contributed by atoms with van der Waals surface area (Å²) in [6, 6.07) is 4.01. The zero-order chi connectivity index (χ0) is 14.9. The number of rotatable bonds is 3. The molecule has 3 aliphatic rings. The van der Waals surface area contributed by atoms with Gasteiger partial charge in [0.2, 0.25) is 6.79 Å². The molecule has 0 saturated carbocycles. The first-order chi connectivity index (χ1) is 10.8. The van der Waals surface area contributed by atoms with Gasteiger partial charge in [-0.15, -0.1) is 0 Å². The SMILES string of the molecule is Clc1cc(CN2CCC(C3OCCO3)CC2)cc2c1OCO2. The minimum atomic E-state index is 0.0159. The molecule has 4 rings (SSSR count). The number of likely N-dealkylation sites (tertiary alicyclic amines) is 1. The topological polar surface area (TPSA) is 40.2 Å². The van der Waals surface area contributed by atoms with Crippen LogP contribution in [0.15, 0.2) is 12.1 Å². The molecule has 3 heterocycles. The van der Waals surface area contributed by atoms with Crippen LogP contribution in [0.25, 0.3) is 0 Å². The van der Waals surface area contributed by atoms with Crippen LogP contribution in [0, 0.1) is 5.92 Å². The van der Waals surface area contributed by atoms with Crippen LogP contribution in [-0.2, 0) is 16.0 Å². The summed E-state index contributed by atoms with van der Waals surface area (Å²) in [6.45, 7) is 4.72. The molecule has 1 aromatic rings. The normalized spacial score (nSPS) is 23.3. The van der Waals surface area contributed by atoms with Crippen LogP contribution in [0.1, 0.15) is 18.4 Å². The second kappa shape index (κ2) is 6.24. The van der Waals surface area contributed by atoms with E-state index in [9.17, 15) is 0 Å². The summed E-state index contributed by atoms with van der Waals surface area (Å²) in [6.07, 6.45) is 2.24. The molecule has 3 aliphatic heterocycles. The van der Waals surface area contributed by atoms with Crippen molar-refractivity contribution >= 4 is 11.6 Å². The van der Waals surface area contributed by atoms with E-state index in [4.69, 9.17) is 30.5 Å². The van der Waals surface area contributed by atoms with Crippen molar-refractivity contribution < 1.29 is 18.9 Å². The predicted molar refractivity (Wildman–Crippen MR) is 81.3 cm³/mol. The fourth-order valence-corrected chi connectivity index (χ4v) is 3.69. The molecule has 2 fully saturated rings. The Labute approximate surface area is 135 Å². The van der Waals surface area contributed by atoms with Crippen molar-refractivity contribution in [2.75, 3.05) is 33.1 Å². The quantitative estimate of drug-likeness (QED) is 0.854. The van der Waals surface area contributed by atoms with Crippen molar-refractivity contribution in [3.05, 3.63) is 22.7 Å². The van der Waals surface area contributed by atoms with E-state index in [1.165, 1.54) is 5.56 Å². The third kappa shape index (κ3) is 2.91. The second-order valence-electron chi connectivity index (χ2n) is 6.03. The van der Waals surface area contributed by atoms with Crippen molar-refractivity contribution in [1.82, 2.24) is 4.90 Å². The Hall–Kier alpha value is -1.01. The highest BCUT2D eigenvalue weighted by Crippen LogP contribution is 2.40. The van der Waals surface area contributed by atoms with Gasteiger partial charge in [-0.3, -0.25) is 4.90 Å². The van der Waals surface area contributed by atoms with Gasteiger partial charge in [0.05, 0.1) is 18.2 Å². The van der Waals surface area contributed by atoms with E-state index < -0.39 is 0 Å². The highest BCUT2D eigenvalue weighted by molar-refractivity contribution is 6.32. The molecule has 120 valence electrons. The first-order valence-electron chi connectivity index (χ1n) is 7.83. The Morgan fingerprint density at radius 3 is 2.64 bits per heavy atom. The van der Waals surface area contributed by atoms with Crippen molar-refractivity contribution in [2.45, 2.75) is 25.7 Å². The summed E-state index contributed by atoms with van der Waals surface area (Å²) in [5.41, 5.74) is 1.17. The summed E-state index contributed by atoms with van der Waals surface area (Å²) < 4.78 is 22.0. The maximum Gasteiger partial charge on any atom is 0.231 e. The lowest BCUT2D eigenvalue weighted by Gasteiger charge is -2.33. The number of ether oxygens (including phenoxy) is 4. The molecule has 0 aliphatic carbocycles. The van der Waals surface area contributed by atoms with Crippen molar-refractivity contribution in [3.63, 3.8) is 0 Å². The van der Waals surface area contributed by atoms with Crippen molar-refractivity contribution in [3.8, 4) is 11.5 Å². The van der Waals surface area contributed by atoms with Crippen LogP contribution in [0.4, 0.5) is 0 Å². The Bertz CT molecular complexity index is 539. The molecule has 0 bridgehead atoms. The van der Waals surface area contributed by atoms with Gasteiger partial charge in [-0.2, -0.15) is 0 Å². The van der Waals surface area contributed by atoms with Gasteiger partial charge in [0, 0.05) is 12.5 Å². The van der Waals surface area contributed by atoms with Crippen molar-refractivity contribution in [1.29, 1.82) is 0 Å². The van der Waals surface area contributed by atoms with E-state index >= 15 is 0 Å². The van der Waals surface area contributed by atoms with Gasteiger partial charge >= 0.3 is 0 Å². The fraction of sp³-hybridized carbons (Fsp3) is 0.625. The molecular formula is C16H20ClNO4. The molecule has 1 aromatic carbocycles. The van der Waals surface area contributed by atoms with E-state index in [1.807, 2.05) is 12.1 Å². The number of hydrogen-bond donors (Lipinski definition) is 0. The molecule has 0 radical (unpaired) electrons. The Balaban J connectivity index is 1.36. The van der Waals surface area contributed by atoms with E-state index in [0.717, 1.165) is 51.4 Å². The van der Waals surface area contributed by atoms with E-state index in [-0.39, 0.29) is 13.1 Å². The van der Waals surface area contributed by atoms with Gasteiger partial charge in [-0.05, 0) is 43.6 Å². The van der Waals surface area contributed by atoms with Crippen LogP contribution < -0.4 is 9.47 Å². The molecule has 5 nitrogen and oxygen atoms in total. The summed E-state index contributed by atoms with van der Waals surface area (Å²) in [5, 5.41) is 0.632. The Morgan fingerprint density at radius 1 is 1.09 bits per heavy atom. The summed E-state index contributed by atoms with van der Waals surface area (Å²) in [7, 11) is 0. The highest BCUT2D eigenvalue weighted by Gasteiger charge is 2.30. The number of piperidine rings is 1. The molecule has 0 spiro atoms. The number of nitrogens with zero attached hydrogens (tertiary/aromatic N) is 1. The number of halogens is 1. The molecule has 0 N–H and O–H groups in total. The molecule has 0 amide bonds. The van der Waals surface area contributed by atoms with Crippen LogP contribution in [0.3, 0.4) is 0 Å². The maximum atomic E-state index is 6.25. The minimum Gasteiger partial charge on any atom is -0.454 e. The smallest absolute Gasteiger partial charge is 0.231 e. The molecule has 0 aromatic heterocycles. The van der Waals surface area contributed by atoms with E-state index in [1.54, 1.807) is 0 Å². The van der Waals surface area contributed by atoms with Gasteiger partial charge in [-0.25, -0.2) is 0 Å². The lowest BCUT2D eigenvalue weighted by molar-refractivity contribution is -0.0977. The number of benzene rings is 1. The molecule has 2 saturated heterocycles. The van der Waals surface area contributed by atoms with Gasteiger partial charge < -0.3 is 18.9 Å². The lowest BCUT2D eigenvalue weighted by atomic mass is 9.96. The Morgan fingerprint density at radius 2 is 1.86 bits per heavy atom. The highest BCUT2D eigenvalue weighted by atomic mass is 35.5. The number of fused-ring (bicyclic) bond motifs is 1. The van der Waals surface area contributed by atoms with Gasteiger partial charge in [0.1, 0.15) is 0 Å². The molecule has 0 unspecified atom stereocenters. The third-order valence-corrected chi connectivity index (χ3v) is 4.84. The van der Waals surface area contributed by atoms with Crippen LogP contribution in [0.2, 0.25) is 5.02 Å². The average molecular weight is 326 g/mol. The van der Waals surface area contributed by atoms with E-state index in [2.05, 4.69) is 4.90 Å². The second-order valence-corrected chi connectivity index (χ2v) is 6.44. The first kappa shape index (κ1) is 14.6. The monoisotopic (exact) mass is 325 g/mol. The number of hydrogen-bond acceptors (Lipinski definition) is 5. The Kier molecular flexibility index (Phi) is 4.13. The average Bonchev–Trinajstić information content (AvgIpc) is 3.19. The lowest BCUT2D eigenvalue weighted by Crippen LogP contribution is -2.37. The standard InChI is InChI=1S/C16H20ClNO4/c17-13-7-11(8-14-15(13)22-10-21-14)9-18-3-1-12(2-4-18)16-19-5-6-20-16/h7-8,12,16H,1-6,9-10H2. The summed E-state index contributed by atoms with van der Waals surface area (Å²) in [5.74, 6) is 1.95. The summed E-state index contributed by atoms with van der Waals surface area (Å²) in [4.78, 5) is 2.44. The van der Waals surface area contributed by atoms with Crippen LogP contribution >= 0.6 is 11.6 Å². The fourth-order valence-electron chi connectivity index (χ4n) is 3.40. The minimum absolute atomic E-state index is 0.0159. The molecule has 22 heavy (non-hydrogen) atoms. The first-order valence-corrected chi connectivity index (χ1v) is 8.21. The van der Waals surface area contributed by atoms with E-state index in [0.29, 0.717) is 16.7 Å². The molecule has 0 atom stereocenters. The van der Waals surface area contributed by atoms with Gasteiger partial charge in [0.15, 0.2) is 17.8 Å². The van der Waals surface area contributed by atoms with Crippen LogP contribution in [-0.4, -0.2) is 44.3 Å². The summed E-state index contributed by atoms with van der Waals surface area (Å²) >= 11 is 6.25. The third-order valence-electron chi connectivity index (χ3n) is 4.56. The molecule has 6 heteroatoms. The predicted octanol–water partition coefficient (Wildman–Crippen LogP) is 2.65. The molecular weight excluding hydrogens is 306 g/mol. The zero-order valence-electron chi connectivity index (χ0n) is 12.4. The van der Waals surface area contributed by atoms with Gasteiger partial charge in [-0.1, -0.05) is 11.6 Å². The zero-order valence-corrected chi connectivity index (χ0v) is 13.2. The van der Waals surface area contributed by atoms with Gasteiger partial charge in [0.25, 0.3) is 0 Å². The largest absolute Gasteiger partial charge is 0.454 e. The maximum absolute atomic E-state index is 6.25. The van der Waals surface area contributed by atoms with Crippen LogP contribution in [0.5, 0.6) is 11.5 Å².